The minimum atomic E-state index is -1.09. The predicted molar refractivity (Wildman–Crippen MR) is 83.3 cm³/mol. The highest BCUT2D eigenvalue weighted by Crippen LogP contribution is 2.52. The van der Waals surface area contributed by atoms with Crippen LogP contribution in [0.1, 0.15) is 16.0 Å². The maximum absolute atomic E-state index is 11.4. The normalized spacial score (nSPS) is 14.9. The molecule has 1 aromatic heterocycles. The van der Waals surface area contributed by atoms with Crippen molar-refractivity contribution in [2.45, 2.75) is 5.60 Å². The maximum Gasteiger partial charge on any atom is 0.150 e. The minimum absolute atomic E-state index is 0.690. The van der Waals surface area contributed by atoms with Gasteiger partial charge in [0, 0.05) is 16.0 Å². The van der Waals surface area contributed by atoms with Gasteiger partial charge in [-0.25, -0.2) is 0 Å². The number of thiophene rings is 1. The first-order valence-electron chi connectivity index (χ1n) is 6.39. The maximum atomic E-state index is 11.4. The molecule has 20 heavy (non-hydrogen) atoms. The molecule has 4 rings (SSSR count). The first kappa shape index (κ1) is 12.2. The lowest BCUT2D eigenvalue weighted by molar-refractivity contribution is 0.135. The zero-order valence-corrected chi connectivity index (χ0v) is 12.1. The van der Waals surface area contributed by atoms with Gasteiger partial charge in [0.1, 0.15) is 0 Å². The Morgan fingerprint density at radius 2 is 1.35 bits per heavy atom. The van der Waals surface area contributed by atoms with E-state index in [1.165, 1.54) is 11.3 Å². The van der Waals surface area contributed by atoms with Gasteiger partial charge in [-0.3, -0.25) is 0 Å². The summed E-state index contributed by atoms with van der Waals surface area (Å²) in [5.74, 6) is 0. The van der Waals surface area contributed by atoms with Gasteiger partial charge in [0.15, 0.2) is 5.60 Å². The molecular weight excluding hydrogens is 288 g/mol. The molecule has 1 N–H and O–H groups in total. The van der Waals surface area contributed by atoms with Crippen molar-refractivity contribution in [2.24, 2.45) is 0 Å². The van der Waals surface area contributed by atoms with E-state index in [-0.39, 0.29) is 0 Å². The van der Waals surface area contributed by atoms with Gasteiger partial charge in [-0.2, -0.15) is 0 Å². The molecule has 98 valence electrons. The molecule has 1 aliphatic carbocycles. The summed E-state index contributed by atoms with van der Waals surface area (Å²) >= 11 is 7.49. The fourth-order valence-corrected chi connectivity index (χ4v) is 4.15. The van der Waals surface area contributed by atoms with E-state index in [9.17, 15) is 5.11 Å². The van der Waals surface area contributed by atoms with Crippen molar-refractivity contribution < 1.29 is 5.11 Å². The summed E-state index contributed by atoms with van der Waals surface area (Å²) in [5, 5.41) is 11.4. The Hall–Kier alpha value is -1.61. The summed E-state index contributed by atoms with van der Waals surface area (Å²) in [7, 11) is 0. The third-order valence-electron chi connectivity index (χ3n) is 3.85. The Bertz CT molecular complexity index is 761. The SMILES string of the molecule is OC1(c2ccc(Cl)s2)c2ccccc2-c2ccccc21. The molecule has 0 atom stereocenters. The van der Waals surface area contributed by atoms with Gasteiger partial charge < -0.3 is 5.11 Å². The summed E-state index contributed by atoms with van der Waals surface area (Å²) in [4.78, 5) is 0.861. The van der Waals surface area contributed by atoms with Crippen LogP contribution in [0, 0.1) is 0 Å². The average molecular weight is 299 g/mol. The van der Waals surface area contributed by atoms with E-state index in [0.29, 0.717) is 4.34 Å². The molecule has 1 heterocycles. The Balaban J connectivity index is 2.09. The van der Waals surface area contributed by atoms with Gasteiger partial charge in [-0.1, -0.05) is 60.1 Å². The quantitative estimate of drug-likeness (QED) is 0.692. The molecular formula is C17H11ClOS. The van der Waals surface area contributed by atoms with Crippen molar-refractivity contribution in [3.8, 4) is 11.1 Å². The minimum Gasteiger partial charge on any atom is -0.375 e. The van der Waals surface area contributed by atoms with Crippen LogP contribution in [-0.4, -0.2) is 5.11 Å². The average Bonchev–Trinajstić information content (AvgIpc) is 3.03. The highest BCUT2D eigenvalue weighted by Gasteiger charge is 2.43. The first-order valence-corrected chi connectivity index (χ1v) is 7.58. The van der Waals surface area contributed by atoms with E-state index in [1.807, 2.05) is 48.5 Å². The zero-order chi connectivity index (χ0) is 13.7. The lowest BCUT2D eigenvalue weighted by Gasteiger charge is -2.24. The van der Waals surface area contributed by atoms with Crippen LogP contribution < -0.4 is 0 Å². The second-order valence-electron chi connectivity index (χ2n) is 4.91. The number of aliphatic hydroxyl groups is 1. The van der Waals surface area contributed by atoms with Gasteiger partial charge >= 0.3 is 0 Å². The van der Waals surface area contributed by atoms with E-state index in [4.69, 9.17) is 11.6 Å². The van der Waals surface area contributed by atoms with Crippen LogP contribution in [0.25, 0.3) is 11.1 Å². The summed E-state index contributed by atoms with van der Waals surface area (Å²) in [6, 6.07) is 19.8. The monoisotopic (exact) mass is 298 g/mol. The number of halogens is 1. The molecule has 0 aliphatic heterocycles. The van der Waals surface area contributed by atoms with Crippen LogP contribution in [0.4, 0.5) is 0 Å². The Kier molecular flexibility index (Phi) is 2.55. The molecule has 1 aliphatic rings. The molecule has 0 fully saturated rings. The highest BCUT2D eigenvalue weighted by atomic mass is 35.5. The van der Waals surface area contributed by atoms with E-state index < -0.39 is 5.60 Å². The van der Waals surface area contributed by atoms with Gasteiger partial charge in [0.25, 0.3) is 0 Å². The molecule has 1 nitrogen and oxygen atoms in total. The number of rotatable bonds is 1. The molecule has 0 saturated carbocycles. The van der Waals surface area contributed by atoms with Crippen LogP contribution in [0.15, 0.2) is 60.7 Å². The molecule has 0 bridgehead atoms. The topological polar surface area (TPSA) is 20.2 Å². The number of hydrogen-bond donors (Lipinski definition) is 1. The summed E-state index contributed by atoms with van der Waals surface area (Å²) in [5.41, 5.74) is 2.95. The lowest BCUT2D eigenvalue weighted by Crippen LogP contribution is -2.24. The van der Waals surface area contributed by atoms with E-state index in [2.05, 4.69) is 12.1 Å². The molecule has 0 amide bonds. The van der Waals surface area contributed by atoms with Gasteiger partial charge in [-0.15, -0.1) is 11.3 Å². The molecule has 2 aromatic carbocycles. The van der Waals surface area contributed by atoms with E-state index >= 15 is 0 Å². The van der Waals surface area contributed by atoms with Crippen LogP contribution in [0.2, 0.25) is 4.34 Å². The van der Waals surface area contributed by atoms with Crippen molar-refractivity contribution in [1.29, 1.82) is 0 Å². The predicted octanol–water partition coefficient (Wildman–Crippen LogP) is 4.67. The summed E-state index contributed by atoms with van der Waals surface area (Å²) in [6.07, 6.45) is 0. The second kappa shape index (κ2) is 4.19. The lowest BCUT2D eigenvalue weighted by atomic mass is 9.90. The van der Waals surface area contributed by atoms with Crippen molar-refractivity contribution in [3.63, 3.8) is 0 Å². The Morgan fingerprint density at radius 1 is 0.800 bits per heavy atom. The smallest absolute Gasteiger partial charge is 0.150 e. The summed E-state index contributed by atoms with van der Waals surface area (Å²) in [6.45, 7) is 0. The highest BCUT2D eigenvalue weighted by molar-refractivity contribution is 7.16. The number of hydrogen-bond acceptors (Lipinski definition) is 2. The second-order valence-corrected chi connectivity index (χ2v) is 6.62. The van der Waals surface area contributed by atoms with Gasteiger partial charge in [-0.05, 0) is 23.3 Å². The fraction of sp³-hybridized carbons (Fsp3) is 0.0588. The third kappa shape index (κ3) is 1.47. The van der Waals surface area contributed by atoms with Crippen molar-refractivity contribution in [1.82, 2.24) is 0 Å². The van der Waals surface area contributed by atoms with E-state index in [1.54, 1.807) is 0 Å². The van der Waals surface area contributed by atoms with Crippen LogP contribution in [-0.2, 0) is 5.60 Å². The number of benzene rings is 2. The van der Waals surface area contributed by atoms with Crippen molar-refractivity contribution >= 4 is 22.9 Å². The van der Waals surface area contributed by atoms with Crippen molar-refractivity contribution in [3.05, 3.63) is 81.0 Å². The first-order chi connectivity index (χ1) is 9.71. The van der Waals surface area contributed by atoms with Crippen LogP contribution >= 0.6 is 22.9 Å². The van der Waals surface area contributed by atoms with E-state index in [0.717, 1.165) is 27.1 Å². The molecule has 3 aromatic rings. The molecule has 0 unspecified atom stereocenters. The summed E-state index contributed by atoms with van der Waals surface area (Å²) < 4.78 is 0.690. The van der Waals surface area contributed by atoms with Crippen molar-refractivity contribution in [2.75, 3.05) is 0 Å². The molecule has 0 spiro atoms. The third-order valence-corrected chi connectivity index (χ3v) is 5.19. The molecule has 0 radical (unpaired) electrons. The largest absolute Gasteiger partial charge is 0.375 e. The van der Waals surface area contributed by atoms with Crippen LogP contribution in [0.3, 0.4) is 0 Å². The zero-order valence-electron chi connectivity index (χ0n) is 10.5. The molecule has 3 heteroatoms. The standard InChI is InChI=1S/C17H11ClOS/c18-16-10-9-15(20-16)17(19)13-7-3-1-5-11(13)12-6-2-4-8-14(12)17/h1-10,19H. The van der Waals surface area contributed by atoms with Gasteiger partial charge in [0.05, 0.1) is 4.34 Å². The van der Waals surface area contributed by atoms with Crippen LogP contribution in [0.5, 0.6) is 0 Å². The number of fused-ring (bicyclic) bond motifs is 3. The molecule has 0 saturated heterocycles. The van der Waals surface area contributed by atoms with Gasteiger partial charge in [0.2, 0.25) is 0 Å². The Morgan fingerprint density at radius 3 is 1.85 bits per heavy atom. The Labute approximate surface area is 126 Å². The fourth-order valence-electron chi connectivity index (χ4n) is 2.99.